The minimum Gasteiger partial charge on any atom is -0.387 e. The molecule has 0 saturated carbocycles. The van der Waals surface area contributed by atoms with Crippen LogP contribution in [0, 0.1) is 6.92 Å². The molecule has 6 heteroatoms. The molecule has 0 saturated heterocycles. The highest BCUT2D eigenvalue weighted by Gasteiger charge is 2.15. The van der Waals surface area contributed by atoms with Crippen molar-refractivity contribution in [2.45, 2.75) is 19.4 Å². The van der Waals surface area contributed by atoms with E-state index in [2.05, 4.69) is 14.7 Å². The van der Waals surface area contributed by atoms with Gasteiger partial charge in [0.25, 0.3) is 0 Å². The van der Waals surface area contributed by atoms with Gasteiger partial charge in [-0.1, -0.05) is 4.49 Å². The Bertz CT molecular complexity index is 450. The first-order valence-electron chi connectivity index (χ1n) is 4.61. The zero-order chi connectivity index (χ0) is 10.8. The summed E-state index contributed by atoms with van der Waals surface area (Å²) in [5.74, 6) is 0. The molecule has 2 rings (SSSR count). The summed E-state index contributed by atoms with van der Waals surface area (Å²) < 4.78 is 5.52. The van der Waals surface area contributed by atoms with Crippen molar-refractivity contribution in [1.29, 1.82) is 0 Å². The Morgan fingerprint density at radius 1 is 1.60 bits per heavy atom. The largest absolute Gasteiger partial charge is 0.387 e. The molecular formula is C9H12N4OS. The average Bonchev–Trinajstić information content (AvgIpc) is 2.75. The number of aryl methyl sites for hydroxylation is 2. The molecule has 0 spiro atoms. The van der Waals surface area contributed by atoms with Crippen LogP contribution < -0.4 is 0 Å². The minimum absolute atomic E-state index is 0.533. The average molecular weight is 224 g/mol. The highest BCUT2D eigenvalue weighted by Crippen LogP contribution is 2.22. The molecule has 0 aliphatic rings. The summed E-state index contributed by atoms with van der Waals surface area (Å²) in [5.41, 5.74) is 1.81. The van der Waals surface area contributed by atoms with Gasteiger partial charge in [0, 0.05) is 19.7 Å². The van der Waals surface area contributed by atoms with E-state index in [9.17, 15) is 5.11 Å². The van der Waals surface area contributed by atoms with Crippen molar-refractivity contribution in [2.24, 2.45) is 7.05 Å². The standard InChI is InChI=1S/C9H12N4OS/c1-6-9(15-12-11-6)8(14)3-7-4-10-13(2)5-7/h4-5,8,14H,3H2,1-2H3. The summed E-state index contributed by atoms with van der Waals surface area (Å²) in [5, 5.41) is 17.9. The Kier molecular flexibility index (Phi) is 2.79. The Morgan fingerprint density at radius 3 is 2.93 bits per heavy atom. The molecule has 0 bridgehead atoms. The van der Waals surface area contributed by atoms with E-state index in [0.717, 1.165) is 16.1 Å². The summed E-state index contributed by atoms with van der Waals surface area (Å²) >= 11 is 1.25. The summed E-state index contributed by atoms with van der Waals surface area (Å²) in [6.45, 7) is 1.85. The molecule has 0 radical (unpaired) electrons. The molecule has 0 fully saturated rings. The van der Waals surface area contributed by atoms with Crippen molar-refractivity contribution < 1.29 is 5.11 Å². The van der Waals surface area contributed by atoms with Crippen molar-refractivity contribution in [1.82, 2.24) is 19.4 Å². The smallest absolute Gasteiger partial charge is 0.0958 e. The topological polar surface area (TPSA) is 63.8 Å². The van der Waals surface area contributed by atoms with E-state index >= 15 is 0 Å². The Labute approximate surface area is 91.5 Å². The van der Waals surface area contributed by atoms with Crippen LogP contribution in [0.4, 0.5) is 0 Å². The van der Waals surface area contributed by atoms with E-state index in [0.29, 0.717) is 6.42 Å². The molecule has 2 aromatic rings. The molecule has 80 valence electrons. The van der Waals surface area contributed by atoms with Gasteiger partial charge in [-0.25, -0.2) is 0 Å². The van der Waals surface area contributed by atoms with Crippen LogP contribution in [0.2, 0.25) is 0 Å². The van der Waals surface area contributed by atoms with Crippen LogP contribution in [-0.2, 0) is 13.5 Å². The highest BCUT2D eigenvalue weighted by molar-refractivity contribution is 7.05. The molecule has 2 heterocycles. The number of hydrogen-bond donors (Lipinski definition) is 1. The van der Waals surface area contributed by atoms with Crippen LogP contribution in [0.3, 0.4) is 0 Å². The number of aromatic nitrogens is 4. The summed E-state index contributed by atoms with van der Waals surface area (Å²) in [6, 6.07) is 0. The molecule has 0 amide bonds. The lowest BCUT2D eigenvalue weighted by Crippen LogP contribution is -2.00. The van der Waals surface area contributed by atoms with E-state index < -0.39 is 6.10 Å². The second kappa shape index (κ2) is 4.08. The molecule has 1 unspecified atom stereocenters. The number of aliphatic hydroxyl groups excluding tert-OH is 1. The molecule has 5 nitrogen and oxygen atoms in total. The summed E-state index contributed by atoms with van der Waals surface area (Å²) in [7, 11) is 1.86. The van der Waals surface area contributed by atoms with E-state index in [1.54, 1.807) is 10.9 Å². The third kappa shape index (κ3) is 2.21. The van der Waals surface area contributed by atoms with Gasteiger partial charge in [0.2, 0.25) is 0 Å². The molecule has 0 aliphatic carbocycles. The molecule has 15 heavy (non-hydrogen) atoms. The van der Waals surface area contributed by atoms with Crippen molar-refractivity contribution in [3.63, 3.8) is 0 Å². The molecule has 0 aliphatic heterocycles. The molecular weight excluding hydrogens is 212 g/mol. The van der Waals surface area contributed by atoms with Gasteiger partial charge in [0.15, 0.2) is 0 Å². The molecule has 2 aromatic heterocycles. The second-order valence-corrected chi connectivity index (χ2v) is 4.25. The first-order valence-corrected chi connectivity index (χ1v) is 5.38. The zero-order valence-corrected chi connectivity index (χ0v) is 9.40. The maximum Gasteiger partial charge on any atom is 0.0958 e. The first-order chi connectivity index (χ1) is 7.16. The number of rotatable bonds is 3. The van der Waals surface area contributed by atoms with Gasteiger partial charge in [-0.05, 0) is 24.0 Å². The van der Waals surface area contributed by atoms with Crippen LogP contribution >= 0.6 is 11.5 Å². The quantitative estimate of drug-likeness (QED) is 0.839. The van der Waals surface area contributed by atoms with Crippen molar-refractivity contribution >= 4 is 11.5 Å². The fourth-order valence-corrected chi connectivity index (χ4v) is 2.07. The number of hydrogen-bond acceptors (Lipinski definition) is 5. The van der Waals surface area contributed by atoms with E-state index in [4.69, 9.17) is 0 Å². The lowest BCUT2D eigenvalue weighted by Gasteiger charge is -2.05. The van der Waals surface area contributed by atoms with Crippen LogP contribution in [-0.4, -0.2) is 24.5 Å². The van der Waals surface area contributed by atoms with E-state index in [1.165, 1.54) is 11.5 Å². The summed E-state index contributed by atoms with van der Waals surface area (Å²) in [4.78, 5) is 0.832. The van der Waals surface area contributed by atoms with Crippen molar-refractivity contribution in [2.75, 3.05) is 0 Å². The fourth-order valence-electron chi connectivity index (χ4n) is 1.44. The molecule has 1 atom stereocenters. The maximum atomic E-state index is 9.95. The van der Waals surface area contributed by atoms with E-state index in [-0.39, 0.29) is 0 Å². The monoisotopic (exact) mass is 224 g/mol. The third-order valence-electron chi connectivity index (χ3n) is 2.18. The lowest BCUT2D eigenvalue weighted by atomic mass is 10.1. The van der Waals surface area contributed by atoms with Crippen LogP contribution in [0.25, 0.3) is 0 Å². The lowest BCUT2D eigenvalue weighted by molar-refractivity contribution is 0.181. The summed E-state index contributed by atoms with van der Waals surface area (Å²) in [6.07, 6.45) is 3.67. The molecule has 0 aromatic carbocycles. The van der Waals surface area contributed by atoms with Gasteiger partial charge >= 0.3 is 0 Å². The predicted molar refractivity (Wildman–Crippen MR) is 56.5 cm³/mol. The van der Waals surface area contributed by atoms with Gasteiger partial charge in [-0.15, -0.1) is 5.10 Å². The Balaban J connectivity index is 2.10. The highest BCUT2D eigenvalue weighted by atomic mass is 32.1. The minimum atomic E-state index is -0.533. The van der Waals surface area contributed by atoms with Gasteiger partial charge in [-0.2, -0.15) is 5.10 Å². The van der Waals surface area contributed by atoms with Gasteiger partial charge in [0.05, 0.1) is 22.9 Å². The Hall–Kier alpha value is -1.27. The number of aliphatic hydroxyl groups is 1. The van der Waals surface area contributed by atoms with Crippen molar-refractivity contribution in [3.05, 3.63) is 28.5 Å². The number of nitrogens with zero attached hydrogens (tertiary/aromatic N) is 4. The van der Waals surface area contributed by atoms with E-state index in [1.807, 2.05) is 20.2 Å². The second-order valence-electron chi connectivity index (χ2n) is 3.46. The zero-order valence-electron chi connectivity index (χ0n) is 8.58. The van der Waals surface area contributed by atoms with Gasteiger partial charge in [-0.3, -0.25) is 4.68 Å². The molecule has 1 N–H and O–H groups in total. The maximum absolute atomic E-state index is 9.95. The van der Waals surface area contributed by atoms with Gasteiger partial charge in [0.1, 0.15) is 0 Å². The normalized spacial score (nSPS) is 13.0. The van der Waals surface area contributed by atoms with Crippen LogP contribution in [0.1, 0.15) is 22.2 Å². The van der Waals surface area contributed by atoms with Crippen molar-refractivity contribution in [3.8, 4) is 0 Å². The first kappa shape index (κ1) is 10.3. The predicted octanol–water partition coefficient (Wildman–Crippen LogP) is 0.856. The third-order valence-corrected chi connectivity index (χ3v) is 3.10. The fraction of sp³-hybridized carbons (Fsp3) is 0.444. The SMILES string of the molecule is Cc1nnsc1C(O)Cc1cnn(C)c1. The van der Waals surface area contributed by atoms with Gasteiger partial charge < -0.3 is 5.11 Å². The van der Waals surface area contributed by atoms with Crippen LogP contribution in [0.5, 0.6) is 0 Å². The Morgan fingerprint density at radius 2 is 2.40 bits per heavy atom. The van der Waals surface area contributed by atoms with Crippen LogP contribution in [0.15, 0.2) is 12.4 Å².